The maximum atomic E-state index is 14.0. The van der Waals surface area contributed by atoms with E-state index in [-0.39, 0.29) is 31.0 Å². The number of ether oxygens (including phenoxy) is 4. The normalized spacial score (nSPS) is 17.5. The largest absolute Gasteiger partial charge is 0.497 e. The fourth-order valence-corrected chi connectivity index (χ4v) is 14.8. The number of carbonyl (C=O) groups excluding carboxylic acids is 1. The fourth-order valence-electron chi connectivity index (χ4n) is 9.29. The Kier molecular flexibility index (Phi) is 14.9. The molecule has 11 nitrogen and oxygen atoms in total. The smallest absolute Gasteiger partial charge is 0.351 e. The number of carbonyl (C=O) groups is 1. The molecule has 0 bridgehead atoms. The molecule has 1 saturated heterocycles. The van der Waals surface area contributed by atoms with Crippen molar-refractivity contribution in [2.24, 2.45) is 0 Å². The van der Waals surface area contributed by atoms with Crippen LogP contribution >= 0.6 is 0 Å². The SMILES string of the molecule is COc1ccc(C(OC[C@]2(CO[Si](C(C)C)(C(C)C)C(C)C)CN(C(C)C)C[C@H](n3ccc(NC(=O)c4ccccc4)nc3=O)O2)(c2ccccc2)c2ccc(OC)cc2)cc1. The summed E-state index contributed by atoms with van der Waals surface area (Å²) in [5, 5.41) is 2.77. The van der Waals surface area contributed by atoms with Gasteiger partial charge in [0.1, 0.15) is 28.5 Å². The lowest BCUT2D eigenvalue weighted by molar-refractivity contribution is -0.232. The van der Waals surface area contributed by atoms with Crippen LogP contribution < -0.4 is 20.5 Å². The highest BCUT2D eigenvalue weighted by Crippen LogP contribution is 2.46. The lowest BCUT2D eigenvalue weighted by Gasteiger charge is -2.51. The van der Waals surface area contributed by atoms with Crippen molar-refractivity contribution in [3.63, 3.8) is 0 Å². The number of amides is 1. The third-order valence-corrected chi connectivity index (χ3v) is 18.5. The summed E-state index contributed by atoms with van der Waals surface area (Å²) in [6.45, 7) is 19.2. The van der Waals surface area contributed by atoms with E-state index in [1.54, 1.807) is 50.7 Å². The zero-order valence-corrected chi connectivity index (χ0v) is 39.0. The van der Waals surface area contributed by atoms with Gasteiger partial charge in [-0.2, -0.15) is 4.98 Å². The van der Waals surface area contributed by atoms with Gasteiger partial charge in [0.25, 0.3) is 5.91 Å². The summed E-state index contributed by atoms with van der Waals surface area (Å²) in [6.07, 6.45) is 0.883. The van der Waals surface area contributed by atoms with E-state index in [0.717, 1.165) is 28.2 Å². The molecule has 2 atom stereocenters. The molecule has 0 unspecified atom stereocenters. The molecule has 12 heteroatoms. The Balaban J connectivity index is 1.49. The van der Waals surface area contributed by atoms with Crippen LogP contribution in [0.25, 0.3) is 0 Å². The number of hydrogen-bond acceptors (Lipinski definition) is 9. The summed E-state index contributed by atoms with van der Waals surface area (Å²) < 4.78 is 35.2. The van der Waals surface area contributed by atoms with E-state index >= 15 is 0 Å². The molecular formula is C50H64N4O7Si. The molecule has 4 aromatic carbocycles. The Bertz CT molecular complexity index is 2200. The summed E-state index contributed by atoms with van der Waals surface area (Å²) in [5.74, 6) is 1.25. The Hall–Kier alpha value is -5.11. The van der Waals surface area contributed by atoms with Crippen molar-refractivity contribution in [1.82, 2.24) is 14.5 Å². The minimum Gasteiger partial charge on any atom is -0.497 e. The number of aromatic nitrogens is 2. The van der Waals surface area contributed by atoms with E-state index in [0.29, 0.717) is 35.3 Å². The first kappa shape index (κ1) is 46.4. The molecule has 1 N–H and O–H groups in total. The molecule has 1 aliphatic rings. The number of morpholine rings is 1. The van der Waals surface area contributed by atoms with Gasteiger partial charge in [-0.15, -0.1) is 0 Å². The van der Waals surface area contributed by atoms with Gasteiger partial charge in [-0.3, -0.25) is 14.3 Å². The van der Waals surface area contributed by atoms with Crippen molar-refractivity contribution in [3.8, 4) is 11.5 Å². The molecule has 1 fully saturated rings. The zero-order valence-electron chi connectivity index (χ0n) is 38.0. The Morgan fingerprint density at radius 3 is 1.76 bits per heavy atom. The van der Waals surface area contributed by atoms with E-state index in [4.69, 9.17) is 23.4 Å². The molecule has 0 radical (unpaired) electrons. The van der Waals surface area contributed by atoms with Crippen LogP contribution in [0.4, 0.5) is 5.82 Å². The number of nitrogens with zero attached hydrogens (tertiary/aromatic N) is 3. The standard InChI is InChI=1S/C50H64N4O7Si/c1-35(2)53-31-46(54-30-29-45(52-48(54)56)51-47(55)39-17-13-11-14-18-39)61-49(32-53,34-60-62(36(3)4,37(5)6)38(7)8)33-59-50(40-19-15-12-16-20-40,41-21-25-43(57-9)26-22-41)42-23-27-44(58-10)28-24-42/h11-30,35-38,46H,31-34H2,1-10H3,(H,51,52,55,56)/t46-,49+/m1/s1. The monoisotopic (exact) mass is 860 g/mol. The molecule has 2 heterocycles. The zero-order chi connectivity index (χ0) is 44.7. The van der Waals surface area contributed by atoms with Gasteiger partial charge in [0.05, 0.1) is 27.4 Å². The Morgan fingerprint density at radius 1 is 0.758 bits per heavy atom. The first-order chi connectivity index (χ1) is 29.7. The summed E-state index contributed by atoms with van der Waals surface area (Å²) >= 11 is 0. The first-order valence-corrected chi connectivity index (χ1v) is 23.8. The number of anilines is 1. The molecule has 330 valence electrons. The van der Waals surface area contributed by atoms with Crippen molar-refractivity contribution < 1.29 is 28.2 Å². The third kappa shape index (κ3) is 9.75. The van der Waals surface area contributed by atoms with E-state index in [9.17, 15) is 9.59 Å². The summed E-state index contributed by atoms with van der Waals surface area (Å²) in [5.41, 5.74) is 1.34. The molecule has 62 heavy (non-hydrogen) atoms. The van der Waals surface area contributed by atoms with E-state index < -0.39 is 31.4 Å². The molecule has 6 rings (SSSR count). The van der Waals surface area contributed by atoms with Gasteiger partial charge in [-0.25, -0.2) is 4.79 Å². The number of rotatable bonds is 18. The molecule has 0 spiro atoms. The van der Waals surface area contributed by atoms with Gasteiger partial charge in [0.2, 0.25) is 0 Å². The first-order valence-electron chi connectivity index (χ1n) is 21.7. The molecule has 5 aromatic rings. The summed E-state index contributed by atoms with van der Waals surface area (Å²) in [6, 6.07) is 36.7. The van der Waals surface area contributed by atoms with Crippen LogP contribution in [-0.2, 0) is 19.5 Å². The van der Waals surface area contributed by atoms with Gasteiger partial charge in [0, 0.05) is 30.9 Å². The van der Waals surface area contributed by atoms with Crippen molar-refractivity contribution >= 4 is 20.0 Å². The molecule has 0 saturated carbocycles. The Morgan fingerprint density at radius 2 is 1.27 bits per heavy atom. The second kappa shape index (κ2) is 19.9. The maximum absolute atomic E-state index is 14.0. The minimum atomic E-state index is -2.46. The van der Waals surface area contributed by atoms with Crippen LogP contribution in [0.2, 0.25) is 16.6 Å². The maximum Gasteiger partial charge on any atom is 0.351 e. The summed E-state index contributed by atoms with van der Waals surface area (Å²) in [4.78, 5) is 33.7. The lowest BCUT2D eigenvalue weighted by Crippen LogP contribution is -2.63. The van der Waals surface area contributed by atoms with Crippen molar-refractivity contribution in [2.75, 3.05) is 45.8 Å². The van der Waals surface area contributed by atoms with Crippen LogP contribution in [0.15, 0.2) is 126 Å². The molecule has 1 aromatic heterocycles. The highest BCUT2D eigenvalue weighted by atomic mass is 28.4. The van der Waals surface area contributed by atoms with Gasteiger partial charge in [0.15, 0.2) is 14.5 Å². The number of methoxy groups -OCH3 is 2. The van der Waals surface area contributed by atoms with Crippen LogP contribution in [0.3, 0.4) is 0 Å². The second-order valence-corrected chi connectivity index (χ2v) is 23.0. The van der Waals surface area contributed by atoms with Crippen molar-refractivity contribution in [3.05, 3.63) is 154 Å². The molecule has 1 amide bonds. The molecule has 0 aliphatic carbocycles. The predicted molar refractivity (Wildman–Crippen MR) is 248 cm³/mol. The highest BCUT2D eigenvalue weighted by Gasteiger charge is 2.51. The molecular weight excluding hydrogens is 797 g/mol. The molecule has 1 aliphatic heterocycles. The van der Waals surface area contributed by atoms with Crippen LogP contribution in [0.5, 0.6) is 11.5 Å². The van der Waals surface area contributed by atoms with E-state index in [1.807, 2.05) is 72.8 Å². The fraction of sp³-hybridized carbons (Fsp3) is 0.420. The predicted octanol–water partition coefficient (Wildman–Crippen LogP) is 9.69. The second-order valence-electron chi connectivity index (χ2n) is 17.5. The van der Waals surface area contributed by atoms with Gasteiger partial charge < -0.3 is 28.7 Å². The van der Waals surface area contributed by atoms with Gasteiger partial charge in [-0.1, -0.05) is 114 Å². The van der Waals surface area contributed by atoms with Crippen LogP contribution in [0.1, 0.15) is 88.7 Å². The number of hydrogen-bond donors (Lipinski definition) is 1. The number of benzene rings is 4. The van der Waals surface area contributed by atoms with Gasteiger partial charge >= 0.3 is 5.69 Å². The van der Waals surface area contributed by atoms with E-state index in [2.05, 4.69) is 82.7 Å². The highest BCUT2D eigenvalue weighted by molar-refractivity contribution is 6.77. The summed E-state index contributed by atoms with van der Waals surface area (Å²) in [7, 11) is 0.852. The number of nitrogens with one attached hydrogen (secondary N) is 1. The van der Waals surface area contributed by atoms with Crippen molar-refractivity contribution in [1.29, 1.82) is 0 Å². The van der Waals surface area contributed by atoms with Crippen LogP contribution in [0, 0.1) is 0 Å². The minimum absolute atomic E-state index is 0.0817. The average molecular weight is 861 g/mol. The topological polar surface area (TPSA) is 113 Å². The quantitative estimate of drug-likeness (QED) is 0.0680. The lowest BCUT2D eigenvalue weighted by atomic mass is 9.79. The van der Waals surface area contributed by atoms with E-state index in [1.165, 1.54) is 4.57 Å². The van der Waals surface area contributed by atoms with Crippen molar-refractivity contribution in [2.45, 2.75) is 95.5 Å². The Labute approximate surface area is 368 Å². The average Bonchev–Trinajstić information content (AvgIpc) is 3.27. The van der Waals surface area contributed by atoms with Crippen LogP contribution in [-0.4, -0.2) is 80.8 Å². The third-order valence-electron chi connectivity index (χ3n) is 12.4. The van der Waals surface area contributed by atoms with Gasteiger partial charge in [-0.05, 0) is 89.6 Å².